The molecule has 0 aromatic carbocycles. The van der Waals surface area contributed by atoms with Crippen LogP contribution >= 0.6 is 27.3 Å². The second-order valence-electron chi connectivity index (χ2n) is 3.19. The summed E-state index contributed by atoms with van der Waals surface area (Å²) in [6.07, 6.45) is 6.26. The van der Waals surface area contributed by atoms with Crippen molar-refractivity contribution < 1.29 is 8.42 Å². The molecule has 0 bridgehead atoms. The molecule has 1 rings (SSSR count). The van der Waals surface area contributed by atoms with Gasteiger partial charge < -0.3 is 0 Å². The Bertz CT molecular complexity index is 487. The van der Waals surface area contributed by atoms with Gasteiger partial charge in [0.05, 0.1) is 0 Å². The highest BCUT2D eigenvalue weighted by Gasteiger charge is 2.22. The van der Waals surface area contributed by atoms with Crippen molar-refractivity contribution in [1.29, 1.82) is 0 Å². The Morgan fingerprint density at radius 1 is 1.69 bits per heavy atom. The van der Waals surface area contributed by atoms with E-state index in [0.29, 0.717) is 21.5 Å². The van der Waals surface area contributed by atoms with E-state index in [4.69, 9.17) is 6.42 Å². The van der Waals surface area contributed by atoms with Gasteiger partial charge in [-0.15, -0.1) is 23.7 Å². The lowest BCUT2D eigenvalue weighted by molar-refractivity contribution is 0.545. The molecule has 0 aliphatic heterocycles. The van der Waals surface area contributed by atoms with E-state index in [1.54, 1.807) is 11.4 Å². The first-order valence-corrected chi connectivity index (χ1v) is 7.85. The van der Waals surface area contributed by atoms with Gasteiger partial charge in [0, 0.05) is 16.9 Å². The molecule has 0 amide bonds. The van der Waals surface area contributed by atoms with Gasteiger partial charge in [-0.1, -0.05) is 6.92 Å². The summed E-state index contributed by atoms with van der Waals surface area (Å²) >= 11 is 4.38. The maximum Gasteiger partial charge on any atom is 0.251 e. The molecule has 1 atom stereocenters. The van der Waals surface area contributed by atoms with Gasteiger partial charge in [0.25, 0.3) is 10.0 Å². The van der Waals surface area contributed by atoms with E-state index in [0.717, 1.165) is 0 Å². The molecule has 6 heteroatoms. The van der Waals surface area contributed by atoms with Crippen LogP contribution in [-0.2, 0) is 10.0 Å². The van der Waals surface area contributed by atoms with E-state index < -0.39 is 10.0 Å². The third-order valence-electron chi connectivity index (χ3n) is 2.01. The van der Waals surface area contributed by atoms with Gasteiger partial charge >= 0.3 is 0 Å². The molecule has 0 aliphatic carbocycles. The summed E-state index contributed by atoms with van der Waals surface area (Å²) in [5.74, 6) is 2.47. The van der Waals surface area contributed by atoms with Gasteiger partial charge in [-0.2, -0.15) is 0 Å². The van der Waals surface area contributed by atoms with Crippen molar-refractivity contribution in [2.24, 2.45) is 0 Å². The highest BCUT2D eigenvalue weighted by molar-refractivity contribution is 9.10. The van der Waals surface area contributed by atoms with E-state index in [1.807, 2.05) is 6.92 Å². The SMILES string of the molecule is C#CCC(CC)NS(=O)(=O)c1sccc1Br. The van der Waals surface area contributed by atoms with Gasteiger partial charge in [-0.3, -0.25) is 0 Å². The van der Waals surface area contributed by atoms with Gasteiger partial charge in [0.1, 0.15) is 4.21 Å². The molecule has 0 spiro atoms. The number of hydrogen-bond donors (Lipinski definition) is 1. The zero-order valence-electron chi connectivity index (χ0n) is 8.73. The maximum atomic E-state index is 12.0. The van der Waals surface area contributed by atoms with Crippen LogP contribution in [0.2, 0.25) is 0 Å². The fourth-order valence-corrected chi connectivity index (χ4v) is 4.83. The molecule has 1 unspecified atom stereocenters. The molecule has 1 aromatic rings. The van der Waals surface area contributed by atoms with Crippen molar-refractivity contribution in [3.63, 3.8) is 0 Å². The number of sulfonamides is 1. The van der Waals surface area contributed by atoms with Gasteiger partial charge in [-0.25, -0.2) is 13.1 Å². The minimum Gasteiger partial charge on any atom is -0.206 e. The van der Waals surface area contributed by atoms with Crippen LogP contribution in [0.5, 0.6) is 0 Å². The Balaban J connectivity index is 2.88. The number of rotatable bonds is 5. The fourth-order valence-electron chi connectivity index (χ4n) is 1.16. The summed E-state index contributed by atoms with van der Waals surface area (Å²) < 4.78 is 27.4. The molecule has 0 fully saturated rings. The lowest BCUT2D eigenvalue weighted by Gasteiger charge is -2.13. The van der Waals surface area contributed by atoms with E-state index in [1.165, 1.54) is 11.3 Å². The number of halogens is 1. The largest absolute Gasteiger partial charge is 0.251 e. The summed E-state index contributed by atoms with van der Waals surface area (Å²) in [5, 5.41) is 1.72. The predicted octanol–water partition coefficient (Wildman–Crippen LogP) is 2.59. The molecule has 0 radical (unpaired) electrons. The van der Waals surface area contributed by atoms with Crippen LogP contribution in [0.4, 0.5) is 0 Å². The van der Waals surface area contributed by atoms with Crippen molar-refractivity contribution in [3.8, 4) is 12.3 Å². The van der Waals surface area contributed by atoms with Crippen molar-refractivity contribution in [1.82, 2.24) is 4.72 Å². The van der Waals surface area contributed by atoms with Crippen LogP contribution in [0, 0.1) is 12.3 Å². The maximum absolute atomic E-state index is 12.0. The summed E-state index contributed by atoms with van der Waals surface area (Å²) in [6, 6.07) is 1.51. The Morgan fingerprint density at radius 3 is 2.81 bits per heavy atom. The zero-order chi connectivity index (χ0) is 12.2. The standard InChI is InChI=1S/C10H12BrNO2S2/c1-3-5-8(4-2)12-16(13,14)10-9(11)6-7-15-10/h1,6-8,12H,4-5H2,2H3. The molecule has 88 valence electrons. The van der Waals surface area contributed by atoms with Crippen LogP contribution < -0.4 is 4.72 Å². The number of nitrogens with one attached hydrogen (secondary N) is 1. The first-order chi connectivity index (χ1) is 7.51. The van der Waals surface area contributed by atoms with Crippen molar-refractivity contribution >= 4 is 37.3 Å². The molecule has 0 saturated heterocycles. The van der Waals surface area contributed by atoms with Crippen molar-refractivity contribution in [2.45, 2.75) is 30.0 Å². The molecule has 1 aromatic heterocycles. The van der Waals surface area contributed by atoms with Crippen LogP contribution in [0.25, 0.3) is 0 Å². The van der Waals surface area contributed by atoms with Crippen LogP contribution in [-0.4, -0.2) is 14.5 Å². The number of thiophene rings is 1. The highest BCUT2D eigenvalue weighted by atomic mass is 79.9. The lowest BCUT2D eigenvalue weighted by atomic mass is 10.2. The van der Waals surface area contributed by atoms with Crippen LogP contribution in [0.1, 0.15) is 19.8 Å². The van der Waals surface area contributed by atoms with Gasteiger partial charge in [-0.05, 0) is 33.8 Å². The third-order valence-corrected chi connectivity index (χ3v) is 6.20. The second kappa shape index (κ2) is 5.82. The molecule has 3 nitrogen and oxygen atoms in total. The first kappa shape index (κ1) is 13.7. The Labute approximate surface area is 108 Å². The first-order valence-electron chi connectivity index (χ1n) is 4.70. The number of hydrogen-bond acceptors (Lipinski definition) is 3. The molecule has 16 heavy (non-hydrogen) atoms. The third kappa shape index (κ3) is 3.32. The predicted molar refractivity (Wildman–Crippen MR) is 69.9 cm³/mol. The van der Waals surface area contributed by atoms with E-state index in [-0.39, 0.29) is 6.04 Å². The monoisotopic (exact) mass is 321 g/mol. The van der Waals surface area contributed by atoms with Crippen LogP contribution in [0.15, 0.2) is 20.1 Å². The quantitative estimate of drug-likeness (QED) is 0.847. The summed E-state index contributed by atoms with van der Waals surface area (Å²) in [4.78, 5) is 0. The van der Waals surface area contributed by atoms with Crippen molar-refractivity contribution in [3.05, 3.63) is 15.9 Å². The molecule has 1 N–H and O–H groups in total. The highest BCUT2D eigenvalue weighted by Crippen LogP contribution is 2.27. The Hall–Kier alpha value is -0.350. The molecular weight excluding hydrogens is 310 g/mol. The van der Waals surface area contributed by atoms with Crippen molar-refractivity contribution in [2.75, 3.05) is 0 Å². The summed E-state index contributed by atoms with van der Waals surface area (Å²) in [5.41, 5.74) is 0. The summed E-state index contributed by atoms with van der Waals surface area (Å²) in [6.45, 7) is 1.90. The summed E-state index contributed by atoms with van der Waals surface area (Å²) in [7, 11) is -3.46. The minimum absolute atomic E-state index is 0.205. The van der Waals surface area contributed by atoms with E-state index in [9.17, 15) is 8.42 Å². The zero-order valence-corrected chi connectivity index (χ0v) is 12.0. The van der Waals surface area contributed by atoms with Gasteiger partial charge in [0.15, 0.2) is 0 Å². The number of terminal acetylenes is 1. The molecule has 0 aliphatic rings. The molecule has 1 heterocycles. The second-order valence-corrected chi connectivity index (χ2v) is 6.87. The average Bonchev–Trinajstić information content (AvgIpc) is 2.64. The Morgan fingerprint density at radius 2 is 2.38 bits per heavy atom. The van der Waals surface area contributed by atoms with Gasteiger partial charge in [0.2, 0.25) is 0 Å². The van der Waals surface area contributed by atoms with E-state index >= 15 is 0 Å². The average molecular weight is 322 g/mol. The van der Waals surface area contributed by atoms with Crippen LogP contribution in [0.3, 0.4) is 0 Å². The van der Waals surface area contributed by atoms with E-state index in [2.05, 4.69) is 26.6 Å². The lowest BCUT2D eigenvalue weighted by Crippen LogP contribution is -2.33. The smallest absolute Gasteiger partial charge is 0.206 e. The molecular formula is C10H12BrNO2S2. The Kier molecular flexibility index (Phi) is 4.99. The minimum atomic E-state index is -3.46. The normalized spacial score (nSPS) is 13.3. The molecule has 0 saturated carbocycles. The fraction of sp³-hybridized carbons (Fsp3) is 0.400. The topological polar surface area (TPSA) is 46.2 Å².